The van der Waals surface area contributed by atoms with Crippen LogP contribution in [-0.4, -0.2) is 36.2 Å². The minimum absolute atomic E-state index is 0.288. The summed E-state index contributed by atoms with van der Waals surface area (Å²) in [6.45, 7) is 3.78. The van der Waals surface area contributed by atoms with Crippen molar-refractivity contribution in [2.45, 2.75) is 38.0 Å². The van der Waals surface area contributed by atoms with Crippen molar-refractivity contribution >= 4 is 0 Å². The van der Waals surface area contributed by atoms with Gasteiger partial charge in [0, 0.05) is 19.1 Å². The van der Waals surface area contributed by atoms with Gasteiger partial charge in [0.1, 0.15) is 0 Å². The molecule has 2 aromatic carbocycles. The SMILES string of the molecule is OC[C@@H]1CC=CC[C@@]12CCCN(CCC(c1ccccc1)c1ccccc1)C2. The van der Waals surface area contributed by atoms with Crippen LogP contribution in [-0.2, 0) is 0 Å². The molecule has 1 saturated heterocycles. The standard InChI is InChI=1S/C26H33NO/c28-20-24-14-7-8-16-26(24)17-9-18-27(21-26)19-15-25(22-10-3-1-4-11-22)23-12-5-2-6-13-23/h1-8,10-13,24-25,28H,9,14-21H2/t24-,26-/m0/s1. The number of allylic oxidation sites excluding steroid dienone is 2. The van der Waals surface area contributed by atoms with Gasteiger partial charge in [-0.1, -0.05) is 72.8 Å². The minimum Gasteiger partial charge on any atom is -0.396 e. The first-order valence-corrected chi connectivity index (χ1v) is 10.9. The van der Waals surface area contributed by atoms with Crippen LogP contribution in [0.3, 0.4) is 0 Å². The first kappa shape index (κ1) is 19.4. The van der Waals surface area contributed by atoms with E-state index in [-0.39, 0.29) is 5.41 Å². The van der Waals surface area contributed by atoms with Gasteiger partial charge in [-0.15, -0.1) is 0 Å². The molecular weight excluding hydrogens is 342 g/mol. The lowest BCUT2D eigenvalue weighted by atomic mass is 9.64. The van der Waals surface area contributed by atoms with Gasteiger partial charge in [-0.25, -0.2) is 0 Å². The van der Waals surface area contributed by atoms with Gasteiger partial charge in [-0.05, 0) is 67.7 Å². The second-order valence-corrected chi connectivity index (χ2v) is 8.70. The van der Waals surface area contributed by atoms with E-state index in [1.165, 1.54) is 30.5 Å². The lowest BCUT2D eigenvalue weighted by molar-refractivity contribution is 0.00540. The van der Waals surface area contributed by atoms with Crippen LogP contribution in [0.15, 0.2) is 72.8 Å². The number of likely N-dealkylation sites (tertiary alicyclic amines) is 1. The molecule has 0 unspecified atom stereocenters. The van der Waals surface area contributed by atoms with Crippen molar-refractivity contribution in [1.29, 1.82) is 0 Å². The Morgan fingerprint density at radius 1 is 0.964 bits per heavy atom. The van der Waals surface area contributed by atoms with E-state index < -0.39 is 0 Å². The number of hydrogen-bond acceptors (Lipinski definition) is 2. The van der Waals surface area contributed by atoms with E-state index >= 15 is 0 Å². The number of benzene rings is 2. The summed E-state index contributed by atoms with van der Waals surface area (Å²) in [6, 6.07) is 21.9. The van der Waals surface area contributed by atoms with Gasteiger partial charge in [0.2, 0.25) is 0 Å². The van der Waals surface area contributed by atoms with Crippen LogP contribution in [0.5, 0.6) is 0 Å². The first-order chi connectivity index (χ1) is 13.8. The van der Waals surface area contributed by atoms with Crippen molar-refractivity contribution in [3.63, 3.8) is 0 Å². The van der Waals surface area contributed by atoms with Crippen LogP contribution in [0.25, 0.3) is 0 Å². The molecular formula is C26H33NO. The molecule has 28 heavy (non-hydrogen) atoms. The fourth-order valence-corrected chi connectivity index (χ4v) is 5.42. The molecule has 2 aromatic rings. The Morgan fingerprint density at radius 2 is 1.64 bits per heavy atom. The van der Waals surface area contributed by atoms with E-state index in [0.29, 0.717) is 18.4 Å². The Morgan fingerprint density at radius 3 is 2.29 bits per heavy atom. The molecule has 0 bridgehead atoms. The van der Waals surface area contributed by atoms with Gasteiger partial charge in [-0.3, -0.25) is 0 Å². The van der Waals surface area contributed by atoms with Gasteiger partial charge in [0.25, 0.3) is 0 Å². The van der Waals surface area contributed by atoms with Gasteiger partial charge >= 0.3 is 0 Å². The Bertz CT molecular complexity index is 717. The van der Waals surface area contributed by atoms with Crippen molar-refractivity contribution < 1.29 is 5.11 Å². The molecule has 4 rings (SSSR count). The summed E-state index contributed by atoms with van der Waals surface area (Å²) in [7, 11) is 0. The normalized spacial score (nSPS) is 25.4. The Labute approximate surface area is 169 Å². The van der Waals surface area contributed by atoms with Gasteiger partial charge < -0.3 is 10.0 Å². The van der Waals surface area contributed by atoms with Gasteiger partial charge in [0.05, 0.1) is 0 Å². The van der Waals surface area contributed by atoms with Crippen molar-refractivity contribution in [2.75, 3.05) is 26.2 Å². The number of aliphatic hydroxyl groups is 1. The Balaban J connectivity index is 1.47. The molecule has 0 saturated carbocycles. The average molecular weight is 376 g/mol. The highest BCUT2D eigenvalue weighted by Crippen LogP contribution is 2.45. The van der Waals surface area contributed by atoms with E-state index in [1.54, 1.807) is 0 Å². The summed E-state index contributed by atoms with van der Waals surface area (Å²) < 4.78 is 0. The third-order valence-electron chi connectivity index (χ3n) is 7.02. The molecule has 2 heteroatoms. The topological polar surface area (TPSA) is 23.5 Å². The molecule has 0 aromatic heterocycles. The zero-order valence-corrected chi connectivity index (χ0v) is 16.8. The largest absolute Gasteiger partial charge is 0.396 e. The van der Waals surface area contributed by atoms with Crippen molar-refractivity contribution in [3.8, 4) is 0 Å². The highest BCUT2D eigenvalue weighted by molar-refractivity contribution is 5.32. The molecule has 0 radical (unpaired) electrons. The number of piperidine rings is 1. The molecule has 2 nitrogen and oxygen atoms in total. The van der Waals surface area contributed by atoms with Crippen LogP contribution in [0.1, 0.15) is 49.1 Å². The maximum Gasteiger partial charge on any atom is 0.0468 e. The summed E-state index contributed by atoms with van der Waals surface area (Å²) in [4.78, 5) is 2.67. The first-order valence-electron chi connectivity index (χ1n) is 10.9. The number of aliphatic hydroxyl groups excluding tert-OH is 1. The maximum atomic E-state index is 9.96. The summed E-state index contributed by atoms with van der Waals surface area (Å²) in [5, 5.41) is 9.96. The third-order valence-corrected chi connectivity index (χ3v) is 7.02. The second kappa shape index (κ2) is 9.07. The average Bonchev–Trinajstić information content (AvgIpc) is 2.76. The van der Waals surface area contributed by atoms with Crippen LogP contribution in [0, 0.1) is 11.3 Å². The zero-order chi connectivity index (χ0) is 19.2. The molecule has 1 aliphatic heterocycles. The minimum atomic E-state index is 0.288. The monoisotopic (exact) mass is 375 g/mol. The van der Waals surface area contributed by atoms with E-state index in [2.05, 4.69) is 77.7 Å². The summed E-state index contributed by atoms with van der Waals surface area (Å²) >= 11 is 0. The van der Waals surface area contributed by atoms with E-state index in [9.17, 15) is 5.11 Å². The second-order valence-electron chi connectivity index (χ2n) is 8.70. The Kier molecular flexibility index (Phi) is 6.29. The predicted molar refractivity (Wildman–Crippen MR) is 116 cm³/mol. The molecule has 2 atom stereocenters. The molecule has 148 valence electrons. The van der Waals surface area contributed by atoms with Crippen LogP contribution >= 0.6 is 0 Å². The van der Waals surface area contributed by atoms with Crippen molar-refractivity contribution in [2.24, 2.45) is 11.3 Å². The molecule has 0 amide bonds. The number of rotatable bonds is 6. The molecule has 1 spiro atoms. The third kappa shape index (κ3) is 4.24. The predicted octanol–water partition coefficient (Wildman–Crippen LogP) is 5.25. The number of hydrogen-bond donors (Lipinski definition) is 1. The van der Waals surface area contributed by atoms with Crippen molar-refractivity contribution in [1.82, 2.24) is 4.90 Å². The maximum absolute atomic E-state index is 9.96. The smallest absolute Gasteiger partial charge is 0.0468 e. The van der Waals surface area contributed by atoms with Crippen LogP contribution in [0.2, 0.25) is 0 Å². The van der Waals surface area contributed by atoms with E-state index in [4.69, 9.17) is 0 Å². The molecule has 1 fully saturated rings. The number of nitrogens with zero attached hydrogens (tertiary/aromatic N) is 1. The molecule has 1 heterocycles. The van der Waals surface area contributed by atoms with Gasteiger partial charge in [-0.2, -0.15) is 0 Å². The summed E-state index contributed by atoms with van der Waals surface area (Å²) in [5.74, 6) is 0.875. The quantitative estimate of drug-likeness (QED) is 0.697. The lowest BCUT2D eigenvalue weighted by Crippen LogP contribution is -2.49. The van der Waals surface area contributed by atoms with Crippen LogP contribution < -0.4 is 0 Å². The summed E-state index contributed by atoms with van der Waals surface area (Å²) in [6.07, 6.45) is 10.5. The molecule has 1 aliphatic carbocycles. The molecule has 1 N–H and O–H groups in total. The van der Waals surface area contributed by atoms with Crippen molar-refractivity contribution in [3.05, 3.63) is 83.9 Å². The van der Waals surface area contributed by atoms with E-state index in [1.807, 2.05) is 0 Å². The fraction of sp³-hybridized carbons (Fsp3) is 0.462. The van der Waals surface area contributed by atoms with Crippen LogP contribution in [0.4, 0.5) is 0 Å². The summed E-state index contributed by atoms with van der Waals surface area (Å²) in [5.41, 5.74) is 3.11. The lowest BCUT2D eigenvalue weighted by Gasteiger charge is -2.48. The fourth-order valence-electron chi connectivity index (χ4n) is 5.42. The zero-order valence-electron chi connectivity index (χ0n) is 16.8. The molecule has 2 aliphatic rings. The highest BCUT2D eigenvalue weighted by Gasteiger charge is 2.41. The highest BCUT2D eigenvalue weighted by atomic mass is 16.3. The van der Waals surface area contributed by atoms with Gasteiger partial charge in [0.15, 0.2) is 0 Å². The Hall–Kier alpha value is -1.90. The van der Waals surface area contributed by atoms with E-state index in [0.717, 1.165) is 32.4 Å².